The quantitative estimate of drug-likeness (QED) is 0.429. The molecule has 6 heteroatoms. The number of ether oxygens (including phenoxy) is 4. The number of carbonyl (C=O) groups excluding carboxylic acids is 2. The second kappa shape index (κ2) is 6.68. The number of hydrogen-bond acceptors (Lipinski definition) is 6. The second-order valence-electron chi connectivity index (χ2n) is 4.60. The maximum absolute atomic E-state index is 11.7. The highest BCUT2D eigenvalue weighted by atomic mass is 16.7. The summed E-state index contributed by atoms with van der Waals surface area (Å²) in [4.78, 5) is 22.9. The van der Waals surface area contributed by atoms with Crippen LogP contribution in [0.15, 0.2) is 12.2 Å². The predicted molar refractivity (Wildman–Crippen MR) is 66.0 cm³/mol. The average Bonchev–Trinajstić information content (AvgIpc) is 2.28. The summed E-state index contributed by atoms with van der Waals surface area (Å²) in [6.07, 6.45) is -0.219. The van der Waals surface area contributed by atoms with E-state index >= 15 is 0 Å². The summed E-state index contributed by atoms with van der Waals surface area (Å²) >= 11 is 0. The molecule has 1 unspecified atom stereocenters. The standard InChI is InChI=1S/C13H20O6/c1-9(2)12(15)19-10(3)18-11(14)8-13(4)16-6-5-7-17-13/h10H,1,5-8H2,2-4H3. The first kappa shape index (κ1) is 15.7. The van der Waals surface area contributed by atoms with Crippen molar-refractivity contribution in [1.82, 2.24) is 0 Å². The molecule has 1 heterocycles. The van der Waals surface area contributed by atoms with Gasteiger partial charge in [-0.2, -0.15) is 0 Å². The van der Waals surface area contributed by atoms with E-state index in [0.29, 0.717) is 13.2 Å². The molecule has 0 aromatic heterocycles. The molecule has 0 bridgehead atoms. The predicted octanol–water partition coefficient (Wildman–Crippen LogP) is 1.54. The summed E-state index contributed by atoms with van der Waals surface area (Å²) < 4.78 is 20.6. The van der Waals surface area contributed by atoms with Crippen LogP contribution in [0, 0.1) is 0 Å². The van der Waals surface area contributed by atoms with Gasteiger partial charge in [0.25, 0.3) is 0 Å². The lowest BCUT2D eigenvalue weighted by Gasteiger charge is -2.33. The Kier molecular flexibility index (Phi) is 5.50. The normalized spacial score (nSPS) is 19.3. The molecule has 6 nitrogen and oxygen atoms in total. The Morgan fingerprint density at radius 3 is 2.42 bits per heavy atom. The van der Waals surface area contributed by atoms with E-state index in [1.165, 1.54) is 13.8 Å². The lowest BCUT2D eigenvalue weighted by atomic mass is 10.2. The van der Waals surface area contributed by atoms with Crippen LogP contribution in [0.25, 0.3) is 0 Å². The Hall–Kier alpha value is -1.40. The van der Waals surface area contributed by atoms with Crippen molar-refractivity contribution in [3.63, 3.8) is 0 Å². The zero-order valence-electron chi connectivity index (χ0n) is 11.6. The highest BCUT2D eigenvalue weighted by Crippen LogP contribution is 2.22. The zero-order valence-corrected chi connectivity index (χ0v) is 11.6. The summed E-state index contributed by atoms with van der Waals surface area (Å²) in [5.41, 5.74) is 0.244. The lowest BCUT2D eigenvalue weighted by molar-refractivity contribution is -0.261. The third-order valence-electron chi connectivity index (χ3n) is 2.49. The first-order valence-electron chi connectivity index (χ1n) is 6.16. The van der Waals surface area contributed by atoms with Gasteiger partial charge in [0, 0.05) is 12.5 Å². The molecule has 1 aliphatic heterocycles. The Bertz CT molecular complexity index is 356. The molecule has 0 aromatic rings. The molecule has 19 heavy (non-hydrogen) atoms. The van der Waals surface area contributed by atoms with E-state index < -0.39 is 24.0 Å². The number of carbonyl (C=O) groups is 2. The van der Waals surface area contributed by atoms with Gasteiger partial charge in [-0.15, -0.1) is 0 Å². The van der Waals surface area contributed by atoms with Crippen LogP contribution in [0.2, 0.25) is 0 Å². The summed E-state index contributed by atoms with van der Waals surface area (Å²) in [6, 6.07) is 0. The maximum atomic E-state index is 11.7. The summed E-state index contributed by atoms with van der Waals surface area (Å²) in [5.74, 6) is -2.11. The zero-order chi connectivity index (χ0) is 14.5. The molecule has 1 rings (SSSR count). The van der Waals surface area contributed by atoms with Crippen molar-refractivity contribution in [2.45, 2.75) is 45.7 Å². The topological polar surface area (TPSA) is 71.1 Å². The molecule has 1 fully saturated rings. The molecule has 0 saturated carbocycles. The van der Waals surface area contributed by atoms with Gasteiger partial charge in [-0.3, -0.25) is 4.79 Å². The van der Waals surface area contributed by atoms with Crippen LogP contribution in [0.3, 0.4) is 0 Å². The second-order valence-corrected chi connectivity index (χ2v) is 4.60. The molecule has 0 radical (unpaired) electrons. The highest BCUT2D eigenvalue weighted by Gasteiger charge is 2.33. The lowest BCUT2D eigenvalue weighted by Crippen LogP contribution is -2.40. The fraction of sp³-hybridized carbons (Fsp3) is 0.692. The molecule has 0 amide bonds. The molecule has 1 atom stereocenters. The Balaban J connectivity index is 2.37. The van der Waals surface area contributed by atoms with Gasteiger partial charge in [0.1, 0.15) is 0 Å². The van der Waals surface area contributed by atoms with Crippen molar-refractivity contribution in [2.24, 2.45) is 0 Å². The number of hydrogen-bond donors (Lipinski definition) is 0. The smallest absolute Gasteiger partial charge is 0.336 e. The van der Waals surface area contributed by atoms with Crippen molar-refractivity contribution in [2.75, 3.05) is 13.2 Å². The highest BCUT2D eigenvalue weighted by molar-refractivity contribution is 5.87. The van der Waals surface area contributed by atoms with Crippen LogP contribution in [0.5, 0.6) is 0 Å². The van der Waals surface area contributed by atoms with Crippen LogP contribution in [-0.2, 0) is 28.5 Å². The third kappa shape index (κ3) is 5.40. The van der Waals surface area contributed by atoms with E-state index in [0.717, 1.165) is 6.42 Å². The van der Waals surface area contributed by atoms with Gasteiger partial charge in [0.05, 0.1) is 19.6 Å². The van der Waals surface area contributed by atoms with Gasteiger partial charge < -0.3 is 18.9 Å². The van der Waals surface area contributed by atoms with Crippen molar-refractivity contribution in [3.8, 4) is 0 Å². The van der Waals surface area contributed by atoms with Crippen LogP contribution < -0.4 is 0 Å². The van der Waals surface area contributed by atoms with E-state index in [-0.39, 0.29) is 12.0 Å². The van der Waals surface area contributed by atoms with Crippen LogP contribution >= 0.6 is 0 Å². The molecule has 1 aliphatic rings. The summed E-state index contributed by atoms with van der Waals surface area (Å²) in [7, 11) is 0. The van der Waals surface area contributed by atoms with Gasteiger partial charge in [-0.25, -0.2) is 4.79 Å². The first-order chi connectivity index (χ1) is 8.82. The minimum atomic E-state index is -0.969. The minimum Gasteiger partial charge on any atom is -0.425 e. The molecule has 0 aromatic carbocycles. The van der Waals surface area contributed by atoms with Crippen molar-refractivity contribution in [3.05, 3.63) is 12.2 Å². The molecule has 0 aliphatic carbocycles. The number of rotatable bonds is 5. The van der Waals surface area contributed by atoms with Gasteiger partial charge >= 0.3 is 11.9 Å². The van der Waals surface area contributed by atoms with Crippen molar-refractivity contribution >= 4 is 11.9 Å². The fourth-order valence-corrected chi connectivity index (χ4v) is 1.54. The van der Waals surface area contributed by atoms with E-state index in [9.17, 15) is 9.59 Å². The number of esters is 2. The Labute approximate surface area is 112 Å². The van der Waals surface area contributed by atoms with Crippen molar-refractivity contribution in [1.29, 1.82) is 0 Å². The third-order valence-corrected chi connectivity index (χ3v) is 2.49. The monoisotopic (exact) mass is 272 g/mol. The molecule has 0 spiro atoms. The Morgan fingerprint density at radius 1 is 1.32 bits per heavy atom. The average molecular weight is 272 g/mol. The van der Waals surface area contributed by atoms with Gasteiger partial charge in [-0.05, 0) is 20.3 Å². The largest absolute Gasteiger partial charge is 0.425 e. The molecule has 108 valence electrons. The van der Waals surface area contributed by atoms with Crippen molar-refractivity contribution < 1.29 is 28.5 Å². The van der Waals surface area contributed by atoms with Gasteiger partial charge in [0.15, 0.2) is 5.79 Å². The van der Waals surface area contributed by atoms with E-state index in [2.05, 4.69) is 6.58 Å². The molecular weight excluding hydrogens is 252 g/mol. The molecule has 1 saturated heterocycles. The summed E-state index contributed by atoms with van der Waals surface area (Å²) in [5, 5.41) is 0. The van der Waals surface area contributed by atoms with E-state index in [1.54, 1.807) is 6.92 Å². The Morgan fingerprint density at radius 2 is 1.89 bits per heavy atom. The van der Waals surface area contributed by atoms with E-state index in [4.69, 9.17) is 18.9 Å². The van der Waals surface area contributed by atoms with Crippen LogP contribution in [-0.4, -0.2) is 37.2 Å². The van der Waals surface area contributed by atoms with Crippen LogP contribution in [0.4, 0.5) is 0 Å². The van der Waals surface area contributed by atoms with Gasteiger partial charge in [0.2, 0.25) is 6.29 Å². The molecular formula is C13H20O6. The first-order valence-corrected chi connectivity index (χ1v) is 6.16. The minimum absolute atomic E-state index is 0.0536. The fourth-order valence-electron chi connectivity index (χ4n) is 1.54. The molecule has 0 N–H and O–H groups in total. The SMILES string of the molecule is C=C(C)C(=O)OC(C)OC(=O)CC1(C)OCCCO1. The maximum Gasteiger partial charge on any atom is 0.336 e. The summed E-state index contributed by atoms with van der Waals surface area (Å²) in [6.45, 7) is 9.18. The van der Waals surface area contributed by atoms with Gasteiger partial charge in [-0.1, -0.05) is 6.58 Å². The van der Waals surface area contributed by atoms with Crippen LogP contribution in [0.1, 0.15) is 33.6 Å². The van der Waals surface area contributed by atoms with E-state index in [1.807, 2.05) is 0 Å².